The van der Waals surface area contributed by atoms with Crippen LogP contribution in [0.1, 0.15) is 22.3 Å². The van der Waals surface area contributed by atoms with Crippen LogP contribution in [-0.2, 0) is 20.1 Å². The molecular formula is C51H39IrN3-2. The first-order chi connectivity index (χ1) is 26.4. The SMILES string of the molecule is Cc1cc(-c2cc(-c3ccccn3)[c-]cc2C)cc(-c2cc3ncc(C)cc3c3ccc(C)cc23)c1.[Ir].[c-]1cccc(-c2ccccc2)c1-c1ccccn1. The third kappa shape index (κ3) is 8.07. The first-order valence-corrected chi connectivity index (χ1v) is 18.2. The molecule has 0 N–H and O–H groups in total. The van der Waals surface area contributed by atoms with E-state index in [0.29, 0.717) is 0 Å². The van der Waals surface area contributed by atoms with Crippen molar-refractivity contribution < 1.29 is 20.1 Å². The molecule has 6 aromatic carbocycles. The monoisotopic (exact) mass is 886 g/mol. The number of aryl methyl sites for hydroxylation is 4. The van der Waals surface area contributed by atoms with Crippen LogP contribution in [0.3, 0.4) is 0 Å². The zero-order chi connectivity index (χ0) is 37.0. The summed E-state index contributed by atoms with van der Waals surface area (Å²) in [6.45, 7) is 8.59. The van der Waals surface area contributed by atoms with Gasteiger partial charge in [0.15, 0.2) is 0 Å². The van der Waals surface area contributed by atoms with Crippen molar-refractivity contribution in [3.8, 4) is 55.9 Å². The van der Waals surface area contributed by atoms with E-state index in [-0.39, 0.29) is 20.1 Å². The minimum atomic E-state index is 0. The van der Waals surface area contributed by atoms with Crippen molar-refractivity contribution in [2.75, 3.05) is 0 Å². The zero-order valence-corrected chi connectivity index (χ0v) is 33.7. The molecule has 0 aliphatic carbocycles. The molecule has 0 bridgehead atoms. The molecule has 1 radical (unpaired) electrons. The maximum Gasteiger partial charge on any atom is 0.0714 e. The summed E-state index contributed by atoms with van der Waals surface area (Å²) >= 11 is 0. The van der Waals surface area contributed by atoms with Crippen molar-refractivity contribution in [1.29, 1.82) is 0 Å². The van der Waals surface area contributed by atoms with E-state index in [1.54, 1.807) is 0 Å². The second kappa shape index (κ2) is 16.5. The summed E-state index contributed by atoms with van der Waals surface area (Å²) in [5.74, 6) is 0. The first kappa shape index (κ1) is 37.3. The molecule has 3 aromatic heterocycles. The Morgan fingerprint density at radius 2 is 1.16 bits per heavy atom. The molecule has 0 amide bonds. The minimum Gasteiger partial charge on any atom is -0.305 e. The van der Waals surface area contributed by atoms with E-state index in [4.69, 9.17) is 4.98 Å². The molecular weight excluding hydrogens is 847 g/mol. The average molecular weight is 886 g/mol. The molecule has 269 valence electrons. The Hall–Kier alpha value is -6.06. The Morgan fingerprint density at radius 3 is 1.91 bits per heavy atom. The quantitative estimate of drug-likeness (QED) is 0.128. The van der Waals surface area contributed by atoms with Crippen LogP contribution in [0.2, 0.25) is 0 Å². The number of nitrogens with zero attached hydrogens (tertiary/aromatic N) is 3. The van der Waals surface area contributed by atoms with Crippen LogP contribution in [-0.4, -0.2) is 15.0 Å². The van der Waals surface area contributed by atoms with Gasteiger partial charge in [-0.05, 0) is 101 Å². The van der Waals surface area contributed by atoms with Crippen molar-refractivity contribution in [3.05, 3.63) is 199 Å². The predicted molar refractivity (Wildman–Crippen MR) is 225 cm³/mol. The third-order valence-electron chi connectivity index (χ3n) is 9.75. The maximum atomic E-state index is 4.79. The predicted octanol–water partition coefficient (Wildman–Crippen LogP) is 13.0. The molecule has 9 aromatic rings. The second-order valence-electron chi connectivity index (χ2n) is 13.8. The summed E-state index contributed by atoms with van der Waals surface area (Å²) in [5, 5.41) is 3.71. The van der Waals surface area contributed by atoms with E-state index >= 15 is 0 Å². The van der Waals surface area contributed by atoms with E-state index in [9.17, 15) is 0 Å². The molecule has 4 heteroatoms. The molecule has 55 heavy (non-hydrogen) atoms. The van der Waals surface area contributed by atoms with Crippen molar-refractivity contribution in [2.45, 2.75) is 27.7 Å². The summed E-state index contributed by atoms with van der Waals surface area (Å²) in [6, 6.07) is 57.4. The van der Waals surface area contributed by atoms with Crippen LogP contribution in [0.4, 0.5) is 0 Å². The van der Waals surface area contributed by atoms with Crippen LogP contribution in [0, 0.1) is 39.8 Å². The molecule has 0 aliphatic heterocycles. The van der Waals surface area contributed by atoms with Gasteiger partial charge in [0.2, 0.25) is 0 Å². The van der Waals surface area contributed by atoms with Crippen molar-refractivity contribution in [3.63, 3.8) is 0 Å². The third-order valence-corrected chi connectivity index (χ3v) is 9.75. The van der Waals surface area contributed by atoms with E-state index < -0.39 is 0 Å². The zero-order valence-electron chi connectivity index (χ0n) is 31.3. The first-order valence-electron chi connectivity index (χ1n) is 18.2. The molecule has 0 saturated heterocycles. The molecule has 0 unspecified atom stereocenters. The largest absolute Gasteiger partial charge is 0.305 e. The molecule has 0 aliphatic rings. The Bertz CT molecular complexity index is 2690. The fourth-order valence-corrected chi connectivity index (χ4v) is 7.14. The number of aromatic nitrogens is 3. The fourth-order valence-electron chi connectivity index (χ4n) is 7.14. The van der Waals surface area contributed by atoms with E-state index in [2.05, 4.69) is 129 Å². The van der Waals surface area contributed by atoms with Crippen LogP contribution in [0.5, 0.6) is 0 Å². The summed E-state index contributed by atoms with van der Waals surface area (Å²) in [5.41, 5.74) is 17.0. The molecule has 3 heterocycles. The van der Waals surface area contributed by atoms with Gasteiger partial charge >= 0.3 is 0 Å². The van der Waals surface area contributed by atoms with Gasteiger partial charge in [-0.2, -0.15) is 0 Å². The Balaban J connectivity index is 0.000000206. The van der Waals surface area contributed by atoms with E-state index in [1.165, 1.54) is 66.2 Å². The second-order valence-corrected chi connectivity index (χ2v) is 13.8. The van der Waals surface area contributed by atoms with Crippen molar-refractivity contribution in [1.82, 2.24) is 15.0 Å². The molecule has 0 fully saturated rings. The molecule has 3 nitrogen and oxygen atoms in total. The topological polar surface area (TPSA) is 38.7 Å². The van der Waals surface area contributed by atoms with Gasteiger partial charge in [-0.15, -0.1) is 59.2 Å². The molecule has 0 atom stereocenters. The summed E-state index contributed by atoms with van der Waals surface area (Å²) < 4.78 is 0. The molecule has 0 spiro atoms. The number of rotatable bonds is 5. The van der Waals surface area contributed by atoms with Gasteiger partial charge in [-0.3, -0.25) is 4.98 Å². The van der Waals surface area contributed by atoms with E-state index in [0.717, 1.165) is 33.6 Å². The van der Waals surface area contributed by atoms with Crippen LogP contribution >= 0.6 is 0 Å². The average Bonchev–Trinajstić information content (AvgIpc) is 3.21. The van der Waals surface area contributed by atoms with Gasteiger partial charge in [0.1, 0.15) is 0 Å². The van der Waals surface area contributed by atoms with Crippen molar-refractivity contribution in [2.24, 2.45) is 0 Å². The number of benzene rings is 6. The number of hydrogen-bond acceptors (Lipinski definition) is 3. The Labute approximate surface area is 337 Å². The fraction of sp³-hybridized carbons (Fsp3) is 0.0784. The summed E-state index contributed by atoms with van der Waals surface area (Å²) in [6.07, 6.45) is 5.59. The van der Waals surface area contributed by atoms with Crippen molar-refractivity contribution >= 4 is 21.7 Å². The van der Waals surface area contributed by atoms with Crippen LogP contribution < -0.4 is 0 Å². The molecule has 9 rings (SSSR count). The standard InChI is InChI=1S/C34H27N2.C17H12N.Ir/c1-21-8-11-28-31(15-21)30(19-34-32(28)16-23(3)20-36-34)27-14-22(2)13-26(17-27)29-18-25(10-9-24(29)4)33-7-5-6-12-35-33;1-2-8-14(9-3-1)15-10-4-5-11-16(15)17-12-6-7-13-18-17;/h5-9,11-20H,1-4H3;1-10,12-13H;/q2*-1;. The summed E-state index contributed by atoms with van der Waals surface area (Å²) in [7, 11) is 0. The summed E-state index contributed by atoms with van der Waals surface area (Å²) in [4.78, 5) is 13.7. The molecule has 0 saturated carbocycles. The van der Waals surface area contributed by atoms with Crippen LogP contribution in [0.25, 0.3) is 77.6 Å². The number of fused-ring (bicyclic) bond motifs is 3. The van der Waals surface area contributed by atoms with Crippen LogP contribution in [0.15, 0.2) is 164 Å². The van der Waals surface area contributed by atoms with Gasteiger partial charge in [0, 0.05) is 44.1 Å². The van der Waals surface area contributed by atoms with E-state index in [1.807, 2.05) is 85.3 Å². The van der Waals surface area contributed by atoms with Gasteiger partial charge in [-0.1, -0.05) is 114 Å². The Morgan fingerprint density at radius 1 is 0.455 bits per heavy atom. The smallest absolute Gasteiger partial charge is 0.0714 e. The Kier molecular flexibility index (Phi) is 11.2. The van der Waals surface area contributed by atoms with Gasteiger partial charge in [0.25, 0.3) is 0 Å². The van der Waals surface area contributed by atoms with Gasteiger partial charge in [-0.25, -0.2) is 0 Å². The van der Waals surface area contributed by atoms with Gasteiger partial charge in [0.05, 0.1) is 5.52 Å². The number of pyridine rings is 3. The van der Waals surface area contributed by atoms with Gasteiger partial charge < -0.3 is 9.97 Å². The number of hydrogen-bond donors (Lipinski definition) is 0. The maximum absolute atomic E-state index is 4.79. The minimum absolute atomic E-state index is 0. The normalized spacial score (nSPS) is 10.8.